The van der Waals surface area contributed by atoms with E-state index in [-0.39, 0.29) is 5.56 Å². The fourth-order valence-corrected chi connectivity index (χ4v) is 0.636. The predicted octanol–water partition coefficient (Wildman–Crippen LogP) is 0.903. The van der Waals surface area contributed by atoms with Crippen LogP contribution < -0.4 is 4.74 Å². The topological polar surface area (TPSA) is 39.2 Å². The van der Waals surface area contributed by atoms with Crippen molar-refractivity contribution in [2.24, 2.45) is 0 Å². The van der Waals surface area contributed by atoms with E-state index in [1.54, 1.807) is 6.07 Å². The molecule has 10 heavy (non-hydrogen) atoms. The highest BCUT2D eigenvalue weighted by molar-refractivity contribution is 5.78. The Bertz CT molecular complexity index is 275. The van der Waals surface area contributed by atoms with E-state index in [1.807, 2.05) is 0 Å². The molecule has 52 valence electrons. The summed E-state index contributed by atoms with van der Waals surface area (Å²) in [6.07, 6.45) is 2.04. The van der Waals surface area contributed by atoms with Crippen molar-refractivity contribution in [3.05, 3.63) is 24.0 Å². The first kappa shape index (κ1) is 5.41. The third-order valence-electron chi connectivity index (χ3n) is 1.11. The van der Waals surface area contributed by atoms with Crippen LogP contribution in [0.25, 0.3) is 0 Å². The van der Waals surface area contributed by atoms with Gasteiger partial charge in [-0.3, -0.25) is 9.78 Å². The van der Waals surface area contributed by atoms with Crippen LogP contribution in [0.2, 0.25) is 0 Å². The number of aromatic nitrogens is 1. The van der Waals surface area contributed by atoms with Crippen LogP contribution in [0, 0.1) is 0 Å². The van der Waals surface area contributed by atoms with E-state index >= 15 is 0 Å². The highest BCUT2D eigenvalue weighted by Crippen LogP contribution is 2.12. The Morgan fingerprint density at radius 2 is 2.70 bits per heavy atom. The minimum Gasteiger partial charge on any atom is -0.496 e. The minimum absolute atomic E-state index is 0.190. The minimum atomic E-state index is -0.782. The van der Waals surface area contributed by atoms with Crippen molar-refractivity contribution < 1.29 is 10.9 Å². The molecule has 0 amide bonds. The molecule has 0 radical (unpaired) electrons. The van der Waals surface area contributed by atoms with Gasteiger partial charge < -0.3 is 4.74 Å². The summed E-state index contributed by atoms with van der Waals surface area (Å²) in [5.41, 5.74) is 0.190. The average molecular weight is 138 g/mol. The first-order valence-corrected chi connectivity index (χ1v) is 2.74. The molecular formula is C7H7NO2. The van der Waals surface area contributed by atoms with Gasteiger partial charge in [0.05, 0.1) is 12.7 Å². The van der Waals surface area contributed by atoms with E-state index in [4.69, 9.17) is 6.11 Å². The van der Waals surface area contributed by atoms with Gasteiger partial charge in [0.15, 0.2) is 6.26 Å². The summed E-state index contributed by atoms with van der Waals surface area (Å²) in [4.78, 5) is 14.3. The van der Waals surface area contributed by atoms with Crippen molar-refractivity contribution in [2.75, 3.05) is 7.11 Å². The number of hydrogen-bond acceptors (Lipinski definition) is 3. The molecule has 3 heteroatoms. The Balaban J connectivity index is 3.12. The predicted molar refractivity (Wildman–Crippen MR) is 36.2 cm³/mol. The molecule has 0 spiro atoms. The number of pyridine rings is 1. The van der Waals surface area contributed by atoms with Crippen LogP contribution in [0.4, 0.5) is 0 Å². The summed E-state index contributed by atoms with van der Waals surface area (Å²) < 4.78 is 11.6. The Kier molecular flexibility index (Phi) is 1.60. The van der Waals surface area contributed by atoms with Gasteiger partial charge in [-0.05, 0) is 6.07 Å². The van der Waals surface area contributed by atoms with Gasteiger partial charge >= 0.3 is 0 Å². The quantitative estimate of drug-likeness (QED) is 0.570. The molecule has 1 rings (SSSR count). The van der Waals surface area contributed by atoms with Gasteiger partial charge in [0.25, 0.3) is 0 Å². The molecule has 0 fully saturated rings. The van der Waals surface area contributed by atoms with Crippen molar-refractivity contribution in [3.8, 4) is 5.75 Å². The van der Waals surface area contributed by atoms with Gasteiger partial charge in [0.1, 0.15) is 7.12 Å². The number of ether oxygens (including phenoxy) is 1. The molecule has 0 aliphatic carbocycles. The van der Waals surface area contributed by atoms with Crippen LogP contribution in [0.15, 0.2) is 18.5 Å². The molecule has 0 unspecified atom stereocenters. The number of rotatable bonds is 2. The van der Waals surface area contributed by atoms with Crippen LogP contribution in [0.5, 0.6) is 5.75 Å². The lowest BCUT2D eigenvalue weighted by atomic mass is 10.3. The van der Waals surface area contributed by atoms with Gasteiger partial charge in [-0.2, -0.15) is 0 Å². The highest BCUT2D eigenvalue weighted by atomic mass is 16.5. The van der Waals surface area contributed by atoms with E-state index < -0.39 is 6.26 Å². The molecule has 1 heterocycles. The summed E-state index contributed by atoms with van der Waals surface area (Å²) in [5.74, 6) is 0.389. The third-order valence-corrected chi connectivity index (χ3v) is 1.11. The SMILES string of the molecule is [2H]C(=O)c1cnccc1OC. The number of nitrogens with zero attached hydrogens (tertiary/aromatic N) is 1. The van der Waals surface area contributed by atoms with E-state index in [9.17, 15) is 4.79 Å². The maximum Gasteiger partial charge on any atom is 0.155 e. The molecule has 0 saturated heterocycles. The largest absolute Gasteiger partial charge is 0.496 e. The highest BCUT2D eigenvalue weighted by Gasteiger charge is 1.97. The first-order valence-electron chi connectivity index (χ1n) is 3.24. The van der Waals surface area contributed by atoms with Gasteiger partial charge in [-0.25, -0.2) is 0 Å². The third kappa shape index (κ3) is 1.13. The Labute approximate surface area is 60.1 Å². The molecule has 0 atom stereocenters. The fourth-order valence-electron chi connectivity index (χ4n) is 0.636. The zero-order valence-electron chi connectivity index (χ0n) is 6.50. The molecule has 0 bridgehead atoms. The summed E-state index contributed by atoms with van der Waals surface area (Å²) in [6.45, 7) is 0. The molecule has 3 nitrogen and oxygen atoms in total. The smallest absolute Gasteiger partial charge is 0.155 e. The zero-order chi connectivity index (χ0) is 8.27. The molecular weight excluding hydrogens is 130 g/mol. The second-order valence-corrected chi connectivity index (χ2v) is 1.68. The Morgan fingerprint density at radius 1 is 1.90 bits per heavy atom. The van der Waals surface area contributed by atoms with Crippen molar-refractivity contribution in [1.29, 1.82) is 0 Å². The normalized spacial score (nSPS) is 10.3. The molecule has 0 N–H and O–H groups in total. The van der Waals surface area contributed by atoms with Gasteiger partial charge in [-0.1, -0.05) is 0 Å². The van der Waals surface area contributed by atoms with E-state index in [0.29, 0.717) is 5.75 Å². The maximum absolute atomic E-state index is 10.6. The first-order chi connectivity index (χ1) is 5.25. The molecule has 0 saturated carbocycles. The standard InChI is InChI=1S/C7H7NO2/c1-10-7-2-3-8-4-6(7)5-9/h2-5H,1H3/i5D. The van der Waals surface area contributed by atoms with Crippen LogP contribution in [0.1, 0.15) is 11.7 Å². The van der Waals surface area contributed by atoms with Crippen LogP contribution in [-0.4, -0.2) is 18.4 Å². The summed E-state index contributed by atoms with van der Waals surface area (Å²) >= 11 is 0. The van der Waals surface area contributed by atoms with E-state index in [0.717, 1.165) is 0 Å². The van der Waals surface area contributed by atoms with Crippen molar-refractivity contribution in [1.82, 2.24) is 4.98 Å². The van der Waals surface area contributed by atoms with E-state index in [2.05, 4.69) is 4.98 Å². The van der Waals surface area contributed by atoms with E-state index in [1.165, 1.54) is 19.5 Å². The van der Waals surface area contributed by atoms with Crippen molar-refractivity contribution in [2.45, 2.75) is 0 Å². The Hall–Kier alpha value is -1.38. The molecule has 1 aromatic heterocycles. The molecule has 0 aliphatic rings. The molecule has 0 aliphatic heterocycles. The van der Waals surface area contributed by atoms with Gasteiger partial charge in [-0.15, -0.1) is 0 Å². The van der Waals surface area contributed by atoms with Crippen LogP contribution in [0.3, 0.4) is 0 Å². The number of hydrogen-bond donors (Lipinski definition) is 0. The second-order valence-electron chi connectivity index (χ2n) is 1.68. The average Bonchev–Trinajstić information content (AvgIpc) is 2.04. The zero-order valence-corrected chi connectivity index (χ0v) is 5.50. The number of methoxy groups -OCH3 is 1. The van der Waals surface area contributed by atoms with Crippen LogP contribution >= 0.6 is 0 Å². The van der Waals surface area contributed by atoms with Crippen molar-refractivity contribution in [3.63, 3.8) is 0 Å². The summed E-state index contributed by atoms with van der Waals surface area (Å²) in [6, 6.07) is 1.54. The summed E-state index contributed by atoms with van der Waals surface area (Å²) in [7, 11) is 1.45. The van der Waals surface area contributed by atoms with Crippen LogP contribution in [-0.2, 0) is 0 Å². The van der Waals surface area contributed by atoms with Crippen molar-refractivity contribution >= 4 is 6.26 Å². The Morgan fingerprint density at radius 3 is 3.20 bits per heavy atom. The van der Waals surface area contributed by atoms with Gasteiger partial charge in [0, 0.05) is 12.4 Å². The monoisotopic (exact) mass is 138 g/mol. The second kappa shape index (κ2) is 2.96. The molecule has 1 aromatic rings. The number of carbonyl (C=O) groups is 1. The lowest BCUT2D eigenvalue weighted by Crippen LogP contribution is -1.89. The maximum atomic E-state index is 10.6. The number of aldehydes is 1. The number of carbonyl (C=O) groups excluding carboxylic acids is 1. The van der Waals surface area contributed by atoms with Gasteiger partial charge in [0.2, 0.25) is 0 Å². The lowest BCUT2D eigenvalue weighted by molar-refractivity contribution is 0.112. The lowest BCUT2D eigenvalue weighted by Gasteiger charge is -1.99. The molecule has 0 aromatic carbocycles. The summed E-state index contributed by atoms with van der Waals surface area (Å²) in [5, 5.41) is 0. The fraction of sp³-hybridized carbons (Fsp3) is 0.143.